The summed E-state index contributed by atoms with van der Waals surface area (Å²) in [6.45, 7) is 1.90. The van der Waals surface area contributed by atoms with E-state index in [4.69, 9.17) is 9.63 Å². The molecule has 0 spiro atoms. The fourth-order valence-corrected chi connectivity index (χ4v) is 2.60. The van der Waals surface area contributed by atoms with Gasteiger partial charge in [0.05, 0.1) is 5.92 Å². The van der Waals surface area contributed by atoms with Gasteiger partial charge in [0.1, 0.15) is 5.69 Å². The quantitative estimate of drug-likeness (QED) is 0.923. The largest absolute Gasteiger partial charge is 0.481 e. The van der Waals surface area contributed by atoms with Crippen LogP contribution in [0.25, 0.3) is 11.5 Å². The van der Waals surface area contributed by atoms with Crippen LogP contribution < -0.4 is 0 Å². The van der Waals surface area contributed by atoms with Gasteiger partial charge < -0.3 is 9.63 Å². The van der Waals surface area contributed by atoms with Crippen molar-refractivity contribution in [1.82, 2.24) is 15.1 Å². The lowest BCUT2D eigenvalue weighted by atomic mass is 10.1. The molecule has 0 aliphatic heterocycles. The van der Waals surface area contributed by atoms with Gasteiger partial charge in [0.25, 0.3) is 0 Å². The van der Waals surface area contributed by atoms with Crippen molar-refractivity contribution in [2.24, 2.45) is 5.92 Å². The highest BCUT2D eigenvalue weighted by atomic mass is 16.5. The van der Waals surface area contributed by atoms with Gasteiger partial charge in [-0.3, -0.25) is 4.79 Å². The number of pyridine rings is 1. The number of rotatable bonds is 3. The van der Waals surface area contributed by atoms with Crippen molar-refractivity contribution >= 4 is 5.97 Å². The molecule has 0 amide bonds. The second-order valence-electron chi connectivity index (χ2n) is 5.17. The lowest BCUT2D eigenvalue weighted by Gasteiger charge is -2.02. The monoisotopic (exact) mass is 273 g/mol. The van der Waals surface area contributed by atoms with Crippen LogP contribution in [-0.2, 0) is 4.79 Å². The van der Waals surface area contributed by atoms with Gasteiger partial charge in [-0.15, -0.1) is 0 Å². The molecule has 0 saturated heterocycles. The van der Waals surface area contributed by atoms with Gasteiger partial charge in [0.15, 0.2) is 0 Å². The third kappa shape index (κ3) is 2.41. The zero-order valence-electron chi connectivity index (χ0n) is 11.1. The zero-order valence-corrected chi connectivity index (χ0v) is 11.1. The highest BCUT2D eigenvalue weighted by Gasteiger charge is 2.33. The Kier molecular flexibility index (Phi) is 3.22. The number of hydrogen-bond acceptors (Lipinski definition) is 5. The molecule has 2 aromatic rings. The lowest BCUT2D eigenvalue weighted by molar-refractivity contribution is -0.141. The van der Waals surface area contributed by atoms with Crippen molar-refractivity contribution in [3.05, 3.63) is 29.8 Å². The van der Waals surface area contributed by atoms with E-state index >= 15 is 0 Å². The van der Waals surface area contributed by atoms with Crippen LogP contribution in [0.15, 0.2) is 22.7 Å². The van der Waals surface area contributed by atoms with E-state index in [-0.39, 0.29) is 11.8 Å². The van der Waals surface area contributed by atoms with Crippen LogP contribution in [0.1, 0.15) is 36.8 Å². The zero-order chi connectivity index (χ0) is 14.1. The highest BCUT2D eigenvalue weighted by Crippen LogP contribution is 2.38. The second-order valence-corrected chi connectivity index (χ2v) is 5.17. The topological polar surface area (TPSA) is 89.1 Å². The first kappa shape index (κ1) is 12.8. The first-order valence-electron chi connectivity index (χ1n) is 6.64. The molecule has 0 bridgehead atoms. The summed E-state index contributed by atoms with van der Waals surface area (Å²) >= 11 is 0. The average molecular weight is 273 g/mol. The third-order valence-corrected chi connectivity index (χ3v) is 3.69. The van der Waals surface area contributed by atoms with Gasteiger partial charge in [0.2, 0.25) is 11.7 Å². The van der Waals surface area contributed by atoms with Gasteiger partial charge >= 0.3 is 5.97 Å². The molecule has 2 atom stereocenters. The highest BCUT2D eigenvalue weighted by molar-refractivity contribution is 5.70. The van der Waals surface area contributed by atoms with Crippen LogP contribution in [0.2, 0.25) is 0 Å². The fraction of sp³-hybridized carbons (Fsp3) is 0.429. The summed E-state index contributed by atoms with van der Waals surface area (Å²) in [5.41, 5.74) is 1.56. The molecule has 20 heavy (non-hydrogen) atoms. The maximum absolute atomic E-state index is 11.0. The molecular weight excluding hydrogens is 258 g/mol. The van der Waals surface area contributed by atoms with Gasteiger partial charge in [-0.25, -0.2) is 4.98 Å². The van der Waals surface area contributed by atoms with Crippen molar-refractivity contribution in [3.8, 4) is 11.5 Å². The maximum atomic E-state index is 11.0. The molecule has 1 saturated carbocycles. The Morgan fingerprint density at radius 2 is 2.20 bits per heavy atom. The van der Waals surface area contributed by atoms with Gasteiger partial charge in [-0.1, -0.05) is 11.2 Å². The predicted octanol–water partition coefficient (Wildman–Crippen LogP) is 2.41. The molecule has 2 heterocycles. The Labute approximate surface area is 115 Å². The van der Waals surface area contributed by atoms with Gasteiger partial charge in [-0.05, 0) is 38.3 Å². The van der Waals surface area contributed by atoms with E-state index in [1.165, 1.54) is 0 Å². The van der Waals surface area contributed by atoms with Crippen LogP contribution in [0, 0.1) is 12.8 Å². The molecule has 104 valence electrons. The van der Waals surface area contributed by atoms with Crippen molar-refractivity contribution in [3.63, 3.8) is 0 Å². The molecule has 1 fully saturated rings. The minimum Gasteiger partial charge on any atom is -0.481 e. The third-order valence-electron chi connectivity index (χ3n) is 3.69. The number of carbonyl (C=O) groups is 1. The van der Waals surface area contributed by atoms with Crippen molar-refractivity contribution in [1.29, 1.82) is 0 Å². The van der Waals surface area contributed by atoms with Crippen LogP contribution in [0.5, 0.6) is 0 Å². The average Bonchev–Trinajstić information content (AvgIpc) is 3.08. The molecule has 2 aromatic heterocycles. The number of aryl methyl sites for hydroxylation is 1. The molecule has 3 rings (SSSR count). The molecule has 6 nitrogen and oxygen atoms in total. The first-order valence-corrected chi connectivity index (χ1v) is 6.64. The van der Waals surface area contributed by atoms with E-state index in [1.54, 1.807) is 0 Å². The second kappa shape index (κ2) is 5.03. The summed E-state index contributed by atoms with van der Waals surface area (Å²) in [7, 11) is 0. The normalized spacial score (nSPS) is 22.1. The molecular formula is C14H15N3O3. The molecule has 1 aliphatic rings. The smallest absolute Gasteiger partial charge is 0.306 e. The van der Waals surface area contributed by atoms with E-state index in [1.807, 2.05) is 25.1 Å². The van der Waals surface area contributed by atoms with E-state index in [0.717, 1.165) is 12.1 Å². The summed E-state index contributed by atoms with van der Waals surface area (Å²) in [5.74, 6) is -0.0169. The number of carboxylic acids is 1. The van der Waals surface area contributed by atoms with Gasteiger partial charge in [-0.2, -0.15) is 4.98 Å². The molecule has 0 aromatic carbocycles. The van der Waals surface area contributed by atoms with E-state index in [0.29, 0.717) is 30.3 Å². The number of aromatic nitrogens is 3. The van der Waals surface area contributed by atoms with Crippen LogP contribution in [0.3, 0.4) is 0 Å². The van der Waals surface area contributed by atoms with Gasteiger partial charge in [0, 0.05) is 11.6 Å². The Morgan fingerprint density at radius 3 is 2.90 bits per heavy atom. The summed E-state index contributed by atoms with van der Waals surface area (Å²) < 4.78 is 5.28. The van der Waals surface area contributed by atoms with E-state index < -0.39 is 5.97 Å². The minimum absolute atomic E-state index is 0.0437. The van der Waals surface area contributed by atoms with E-state index in [9.17, 15) is 4.79 Å². The summed E-state index contributed by atoms with van der Waals surface area (Å²) in [5, 5.41) is 13.0. The minimum atomic E-state index is -0.743. The summed E-state index contributed by atoms with van der Waals surface area (Å²) in [6, 6.07) is 5.62. The molecule has 2 unspecified atom stereocenters. The summed E-state index contributed by atoms with van der Waals surface area (Å²) in [4.78, 5) is 19.7. The maximum Gasteiger partial charge on any atom is 0.306 e. The molecule has 0 radical (unpaired) electrons. The molecule has 6 heteroatoms. The van der Waals surface area contributed by atoms with E-state index in [2.05, 4.69) is 15.1 Å². The Bertz CT molecular complexity index is 638. The standard InChI is InChI=1S/C14H15N3O3/c1-8-3-2-4-11(15-8)12-16-13(20-17-12)9-5-6-10(7-9)14(18)19/h2-4,9-10H,5-7H2,1H3,(H,18,19). The van der Waals surface area contributed by atoms with Crippen molar-refractivity contribution in [2.75, 3.05) is 0 Å². The Balaban J connectivity index is 1.79. The van der Waals surface area contributed by atoms with Crippen molar-refractivity contribution < 1.29 is 14.4 Å². The Hall–Kier alpha value is -2.24. The van der Waals surface area contributed by atoms with Crippen LogP contribution >= 0.6 is 0 Å². The number of aliphatic carboxylic acids is 1. The number of hydrogen-bond donors (Lipinski definition) is 1. The number of nitrogens with zero attached hydrogens (tertiary/aromatic N) is 3. The van der Waals surface area contributed by atoms with Crippen LogP contribution in [0.4, 0.5) is 0 Å². The SMILES string of the molecule is Cc1cccc(-c2noc(C3CCC(C(=O)O)C3)n2)n1. The number of carboxylic acid groups (broad SMARTS) is 1. The fourth-order valence-electron chi connectivity index (χ4n) is 2.60. The predicted molar refractivity (Wildman–Crippen MR) is 70.0 cm³/mol. The van der Waals surface area contributed by atoms with Crippen LogP contribution in [-0.4, -0.2) is 26.2 Å². The Morgan fingerprint density at radius 1 is 1.35 bits per heavy atom. The summed E-state index contributed by atoms with van der Waals surface area (Å²) in [6.07, 6.45) is 2.01. The molecule has 1 N–H and O–H groups in total. The first-order chi connectivity index (χ1) is 9.63. The lowest BCUT2D eigenvalue weighted by Crippen LogP contribution is -2.09. The molecule has 1 aliphatic carbocycles. The van der Waals surface area contributed by atoms with Crippen molar-refractivity contribution in [2.45, 2.75) is 32.1 Å².